The lowest BCUT2D eigenvalue weighted by Crippen LogP contribution is -2.34. The van der Waals surface area contributed by atoms with Crippen molar-refractivity contribution in [2.75, 3.05) is 6.54 Å². The Morgan fingerprint density at radius 2 is 2.10 bits per heavy atom. The molecule has 1 aliphatic carbocycles. The highest BCUT2D eigenvalue weighted by Crippen LogP contribution is 2.33. The highest BCUT2D eigenvalue weighted by atomic mass is 32.2. The fourth-order valence-corrected chi connectivity index (χ4v) is 3.92. The van der Waals surface area contributed by atoms with Gasteiger partial charge in [0.15, 0.2) is 0 Å². The van der Waals surface area contributed by atoms with E-state index in [0.29, 0.717) is 12.1 Å². The van der Waals surface area contributed by atoms with E-state index in [2.05, 4.69) is 0 Å². The summed E-state index contributed by atoms with van der Waals surface area (Å²) in [5.74, 6) is -0.793. The maximum Gasteiger partial charge on any atom is 0.246 e. The SMILES string of the molecule is CCCCN(C1CC1)S(=O)(=O)c1ccc(CO)cc1F. The van der Waals surface area contributed by atoms with Crippen molar-refractivity contribution in [2.24, 2.45) is 0 Å². The van der Waals surface area contributed by atoms with Gasteiger partial charge in [-0.05, 0) is 37.0 Å². The van der Waals surface area contributed by atoms with Crippen LogP contribution in [0.4, 0.5) is 4.39 Å². The molecule has 1 aromatic rings. The first-order chi connectivity index (χ1) is 9.50. The fraction of sp³-hybridized carbons (Fsp3) is 0.571. The summed E-state index contributed by atoms with van der Waals surface area (Å²) in [7, 11) is -3.79. The van der Waals surface area contributed by atoms with Crippen LogP contribution < -0.4 is 0 Å². The molecule has 4 nitrogen and oxygen atoms in total. The molecule has 0 aromatic heterocycles. The van der Waals surface area contributed by atoms with Crippen LogP contribution >= 0.6 is 0 Å². The summed E-state index contributed by atoms with van der Waals surface area (Å²) in [4.78, 5) is -0.294. The number of hydrogen-bond donors (Lipinski definition) is 1. The molecule has 1 N–H and O–H groups in total. The lowest BCUT2D eigenvalue weighted by molar-refractivity contribution is 0.281. The smallest absolute Gasteiger partial charge is 0.246 e. The topological polar surface area (TPSA) is 57.6 Å². The monoisotopic (exact) mass is 301 g/mol. The molecule has 0 aliphatic heterocycles. The first-order valence-electron chi connectivity index (χ1n) is 6.91. The summed E-state index contributed by atoms with van der Waals surface area (Å²) in [5, 5.41) is 8.95. The Bertz CT molecular complexity index is 570. The maximum atomic E-state index is 14.0. The van der Waals surface area contributed by atoms with Crippen LogP contribution in [0.3, 0.4) is 0 Å². The highest BCUT2D eigenvalue weighted by molar-refractivity contribution is 7.89. The quantitative estimate of drug-likeness (QED) is 0.840. The molecule has 20 heavy (non-hydrogen) atoms. The van der Waals surface area contributed by atoms with Crippen molar-refractivity contribution in [1.82, 2.24) is 4.31 Å². The molecule has 0 unspecified atom stereocenters. The number of rotatable bonds is 7. The van der Waals surface area contributed by atoms with Crippen molar-refractivity contribution in [3.05, 3.63) is 29.6 Å². The number of aliphatic hydroxyl groups excluding tert-OH is 1. The van der Waals surface area contributed by atoms with Crippen molar-refractivity contribution in [3.63, 3.8) is 0 Å². The lowest BCUT2D eigenvalue weighted by atomic mass is 10.2. The lowest BCUT2D eigenvalue weighted by Gasteiger charge is -2.22. The minimum atomic E-state index is -3.79. The predicted octanol–water partition coefficient (Wildman–Crippen LogP) is 2.27. The third kappa shape index (κ3) is 3.19. The molecule has 0 heterocycles. The molecule has 6 heteroatoms. The number of nitrogens with zero attached hydrogens (tertiary/aromatic N) is 1. The van der Waals surface area contributed by atoms with Crippen LogP contribution in [0, 0.1) is 5.82 Å². The molecule has 1 aliphatic rings. The summed E-state index contributed by atoms with van der Waals surface area (Å²) in [6.45, 7) is 2.12. The Labute approximate surface area is 119 Å². The number of benzene rings is 1. The minimum Gasteiger partial charge on any atom is -0.392 e. The summed E-state index contributed by atoms with van der Waals surface area (Å²) in [6, 6.07) is 3.79. The first-order valence-corrected chi connectivity index (χ1v) is 8.35. The molecule has 112 valence electrons. The Kier molecular flexibility index (Phi) is 4.78. The molecule has 0 saturated heterocycles. The van der Waals surface area contributed by atoms with Gasteiger partial charge in [-0.15, -0.1) is 0 Å². The summed E-state index contributed by atoms with van der Waals surface area (Å²) >= 11 is 0. The van der Waals surface area contributed by atoms with Gasteiger partial charge in [-0.1, -0.05) is 19.4 Å². The number of halogens is 1. The van der Waals surface area contributed by atoms with Gasteiger partial charge in [0.1, 0.15) is 10.7 Å². The summed E-state index contributed by atoms with van der Waals surface area (Å²) < 4.78 is 40.5. The minimum absolute atomic E-state index is 0.0171. The Morgan fingerprint density at radius 3 is 2.60 bits per heavy atom. The molecular formula is C14H20FNO3S. The van der Waals surface area contributed by atoms with E-state index in [9.17, 15) is 12.8 Å². The van der Waals surface area contributed by atoms with E-state index in [-0.39, 0.29) is 17.5 Å². The van der Waals surface area contributed by atoms with Gasteiger partial charge >= 0.3 is 0 Å². The van der Waals surface area contributed by atoms with Gasteiger partial charge in [0, 0.05) is 12.6 Å². The average Bonchev–Trinajstić information content (AvgIpc) is 3.23. The van der Waals surface area contributed by atoms with Crippen LogP contribution in [0.1, 0.15) is 38.2 Å². The third-order valence-electron chi connectivity index (χ3n) is 3.45. The van der Waals surface area contributed by atoms with Crippen molar-refractivity contribution in [1.29, 1.82) is 0 Å². The number of sulfonamides is 1. The zero-order valence-electron chi connectivity index (χ0n) is 11.5. The predicted molar refractivity (Wildman–Crippen MR) is 74.1 cm³/mol. The van der Waals surface area contributed by atoms with Gasteiger partial charge in [-0.2, -0.15) is 4.31 Å². The van der Waals surface area contributed by atoms with Crippen LogP contribution in [-0.4, -0.2) is 30.4 Å². The van der Waals surface area contributed by atoms with Gasteiger partial charge in [0.2, 0.25) is 10.0 Å². The van der Waals surface area contributed by atoms with Crippen molar-refractivity contribution in [3.8, 4) is 0 Å². The van der Waals surface area contributed by atoms with E-state index < -0.39 is 15.8 Å². The highest BCUT2D eigenvalue weighted by Gasteiger charge is 2.38. The van der Waals surface area contributed by atoms with Crippen LogP contribution in [0.15, 0.2) is 23.1 Å². The Morgan fingerprint density at radius 1 is 1.40 bits per heavy atom. The van der Waals surface area contributed by atoms with Crippen LogP contribution in [0.5, 0.6) is 0 Å². The summed E-state index contributed by atoms with van der Waals surface area (Å²) in [5.41, 5.74) is 0.369. The second-order valence-electron chi connectivity index (χ2n) is 5.12. The number of aliphatic hydroxyl groups is 1. The first kappa shape index (κ1) is 15.4. The van der Waals surface area contributed by atoms with Gasteiger partial charge in [-0.3, -0.25) is 0 Å². The van der Waals surface area contributed by atoms with Crippen molar-refractivity contribution >= 4 is 10.0 Å². The van der Waals surface area contributed by atoms with E-state index >= 15 is 0 Å². The maximum absolute atomic E-state index is 14.0. The zero-order valence-corrected chi connectivity index (χ0v) is 12.4. The van der Waals surface area contributed by atoms with Crippen molar-refractivity contribution < 1.29 is 17.9 Å². The molecule has 2 rings (SSSR count). The molecule has 0 bridgehead atoms. The molecule has 0 radical (unpaired) electrons. The third-order valence-corrected chi connectivity index (χ3v) is 5.44. The second kappa shape index (κ2) is 6.20. The van der Waals surface area contributed by atoms with E-state index in [1.54, 1.807) is 0 Å². The largest absolute Gasteiger partial charge is 0.392 e. The van der Waals surface area contributed by atoms with Crippen molar-refractivity contribution in [2.45, 2.75) is 50.2 Å². The molecule has 0 spiro atoms. The Balaban J connectivity index is 2.32. The van der Waals surface area contributed by atoms with Gasteiger partial charge in [-0.25, -0.2) is 12.8 Å². The molecule has 1 saturated carbocycles. The van der Waals surface area contributed by atoms with E-state index in [0.717, 1.165) is 31.7 Å². The van der Waals surface area contributed by atoms with E-state index in [1.165, 1.54) is 16.4 Å². The number of hydrogen-bond acceptors (Lipinski definition) is 3. The van der Waals surface area contributed by atoms with E-state index in [4.69, 9.17) is 5.11 Å². The van der Waals surface area contributed by atoms with Gasteiger partial charge in [0.25, 0.3) is 0 Å². The molecular weight excluding hydrogens is 281 g/mol. The molecule has 1 aromatic carbocycles. The molecule has 0 amide bonds. The summed E-state index contributed by atoms with van der Waals surface area (Å²) in [6.07, 6.45) is 3.36. The van der Waals surface area contributed by atoms with Crippen LogP contribution in [-0.2, 0) is 16.6 Å². The zero-order chi connectivity index (χ0) is 14.8. The average molecular weight is 301 g/mol. The number of unbranched alkanes of at least 4 members (excludes halogenated alkanes) is 1. The Hall–Kier alpha value is -0.980. The normalized spacial score (nSPS) is 15.8. The van der Waals surface area contributed by atoms with Crippen LogP contribution in [0.25, 0.3) is 0 Å². The second-order valence-corrected chi connectivity index (χ2v) is 6.98. The standard InChI is InChI=1S/C14H20FNO3S/c1-2-3-8-16(12-5-6-12)20(18,19)14-7-4-11(10-17)9-13(14)15/h4,7,9,12,17H,2-3,5-6,8,10H2,1H3. The van der Waals surface area contributed by atoms with Gasteiger partial charge in [0.05, 0.1) is 6.61 Å². The van der Waals surface area contributed by atoms with E-state index in [1.807, 2.05) is 6.92 Å². The van der Waals surface area contributed by atoms with Gasteiger partial charge < -0.3 is 5.11 Å². The molecule has 0 atom stereocenters. The van der Waals surface area contributed by atoms with Crippen LogP contribution in [0.2, 0.25) is 0 Å². The molecule has 1 fully saturated rings. The fourth-order valence-electron chi connectivity index (χ4n) is 2.15.